The van der Waals surface area contributed by atoms with E-state index in [1.807, 2.05) is 0 Å². The number of hydrogen-bond donors (Lipinski definition) is 3. The standard InChI is InChI=1S/C12H19BrN4O2S/c1-12(4-2-3-5-12)8-16-20(18,19)10-6-9(13)7-15-11(10)17-14/h6-7,16H,2-5,8,14H2,1H3,(H,15,17). The molecule has 0 bridgehead atoms. The zero-order valence-corrected chi connectivity index (χ0v) is 13.7. The highest BCUT2D eigenvalue weighted by Gasteiger charge is 2.31. The number of sulfonamides is 1. The van der Waals surface area contributed by atoms with Crippen molar-refractivity contribution in [3.05, 3.63) is 16.7 Å². The van der Waals surface area contributed by atoms with Gasteiger partial charge in [-0.25, -0.2) is 24.0 Å². The molecule has 0 saturated heterocycles. The molecule has 0 aliphatic heterocycles. The first-order chi connectivity index (χ1) is 9.36. The number of pyridine rings is 1. The number of rotatable bonds is 5. The highest BCUT2D eigenvalue weighted by atomic mass is 79.9. The lowest BCUT2D eigenvalue weighted by Gasteiger charge is -2.23. The first-order valence-corrected chi connectivity index (χ1v) is 8.76. The molecule has 1 fully saturated rings. The van der Waals surface area contributed by atoms with Crippen LogP contribution in [0.5, 0.6) is 0 Å². The minimum Gasteiger partial charge on any atom is -0.307 e. The quantitative estimate of drug-likeness (QED) is 0.549. The minimum atomic E-state index is -3.64. The molecule has 0 radical (unpaired) electrons. The molecule has 112 valence electrons. The van der Waals surface area contributed by atoms with Crippen molar-refractivity contribution >= 4 is 31.8 Å². The summed E-state index contributed by atoms with van der Waals surface area (Å²) in [6.45, 7) is 2.55. The zero-order valence-electron chi connectivity index (χ0n) is 11.3. The summed E-state index contributed by atoms with van der Waals surface area (Å²) in [4.78, 5) is 4.01. The second-order valence-electron chi connectivity index (χ2n) is 5.49. The summed E-state index contributed by atoms with van der Waals surface area (Å²) in [6, 6.07) is 1.49. The third kappa shape index (κ3) is 3.49. The van der Waals surface area contributed by atoms with Crippen LogP contribution in [0.25, 0.3) is 0 Å². The van der Waals surface area contributed by atoms with Gasteiger partial charge in [-0.15, -0.1) is 0 Å². The average Bonchev–Trinajstić information content (AvgIpc) is 2.84. The zero-order chi connectivity index (χ0) is 14.8. The van der Waals surface area contributed by atoms with E-state index in [9.17, 15) is 8.42 Å². The fourth-order valence-electron chi connectivity index (χ4n) is 2.49. The number of nitrogens with one attached hydrogen (secondary N) is 2. The van der Waals surface area contributed by atoms with Crippen molar-refractivity contribution in [3.63, 3.8) is 0 Å². The van der Waals surface area contributed by atoms with E-state index in [-0.39, 0.29) is 16.1 Å². The van der Waals surface area contributed by atoms with Crippen molar-refractivity contribution in [3.8, 4) is 0 Å². The maximum absolute atomic E-state index is 12.4. The minimum absolute atomic E-state index is 0.0445. The van der Waals surface area contributed by atoms with Crippen molar-refractivity contribution in [2.45, 2.75) is 37.5 Å². The van der Waals surface area contributed by atoms with Crippen molar-refractivity contribution in [1.82, 2.24) is 9.71 Å². The Morgan fingerprint density at radius 1 is 1.45 bits per heavy atom. The molecule has 1 saturated carbocycles. The smallest absolute Gasteiger partial charge is 0.244 e. The van der Waals surface area contributed by atoms with Crippen LogP contribution in [0, 0.1) is 5.41 Å². The predicted molar refractivity (Wildman–Crippen MR) is 81.5 cm³/mol. The van der Waals surface area contributed by atoms with Crippen molar-refractivity contribution in [2.24, 2.45) is 11.3 Å². The lowest BCUT2D eigenvalue weighted by atomic mass is 9.89. The van der Waals surface area contributed by atoms with Crippen LogP contribution in [0.4, 0.5) is 5.82 Å². The van der Waals surface area contributed by atoms with Gasteiger partial charge in [-0.1, -0.05) is 19.8 Å². The van der Waals surface area contributed by atoms with E-state index in [4.69, 9.17) is 5.84 Å². The van der Waals surface area contributed by atoms with E-state index < -0.39 is 10.0 Å². The van der Waals surface area contributed by atoms with E-state index >= 15 is 0 Å². The van der Waals surface area contributed by atoms with Crippen LogP contribution in [0.3, 0.4) is 0 Å². The number of halogens is 1. The highest BCUT2D eigenvalue weighted by molar-refractivity contribution is 9.10. The predicted octanol–water partition coefficient (Wildman–Crippen LogP) is 1.99. The second kappa shape index (κ2) is 5.97. The Morgan fingerprint density at radius 3 is 2.70 bits per heavy atom. The van der Waals surface area contributed by atoms with Gasteiger partial charge in [-0.3, -0.25) is 0 Å². The second-order valence-corrected chi connectivity index (χ2v) is 8.14. The van der Waals surface area contributed by atoms with Gasteiger partial charge in [0.05, 0.1) is 0 Å². The molecular formula is C12H19BrN4O2S. The lowest BCUT2D eigenvalue weighted by Crippen LogP contribution is -2.34. The third-order valence-electron chi connectivity index (χ3n) is 3.75. The highest BCUT2D eigenvalue weighted by Crippen LogP contribution is 2.37. The normalized spacial score (nSPS) is 18.1. The molecule has 0 amide bonds. The van der Waals surface area contributed by atoms with Gasteiger partial charge in [0.1, 0.15) is 4.90 Å². The summed E-state index contributed by atoms with van der Waals surface area (Å²) in [7, 11) is -3.64. The third-order valence-corrected chi connectivity index (χ3v) is 5.59. The fourth-order valence-corrected chi connectivity index (χ4v) is 4.31. The number of nitrogen functional groups attached to an aromatic ring is 1. The SMILES string of the molecule is CC1(CNS(=O)(=O)c2cc(Br)cnc2NN)CCCC1. The Hall–Kier alpha value is -0.700. The van der Waals surface area contributed by atoms with Crippen molar-refractivity contribution in [2.75, 3.05) is 12.0 Å². The van der Waals surface area contributed by atoms with Gasteiger partial charge >= 0.3 is 0 Å². The summed E-state index contributed by atoms with van der Waals surface area (Å²) in [6.07, 6.45) is 5.91. The van der Waals surface area contributed by atoms with Crippen molar-refractivity contribution < 1.29 is 8.42 Å². The van der Waals surface area contributed by atoms with Crippen LogP contribution in [0.2, 0.25) is 0 Å². The molecule has 0 spiro atoms. The Kier molecular flexibility index (Phi) is 4.68. The van der Waals surface area contributed by atoms with E-state index in [2.05, 4.69) is 38.0 Å². The molecule has 0 atom stereocenters. The van der Waals surface area contributed by atoms with E-state index in [0.717, 1.165) is 25.7 Å². The molecule has 20 heavy (non-hydrogen) atoms. The maximum Gasteiger partial charge on any atom is 0.244 e. The number of anilines is 1. The van der Waals surface area contributed by atoms with Crippen LogP contribution in [0.15, 0.2) is 21.6 Å². The summed E-state index contributed by atoms with van der Waals surface area (Å²) in [5, 5.41) is 0. The molecule has 4 N–H and O–H groups in total. The summed E-state index contributed by atoms with van der Waals surface area (Å²) in [5.41, 5.74) is 2.36. The fraction of sp³-hybridized carbons (Fsp3) is 0.583. The molecule has 1 aliphatic rings. The Morgan fingerprint density at radius 2 is 2.10 bits per heavy atom. The molecule has 6 nitrogen and oxygen atoms in total. The molecule has 1 aliphatic carbocycles. The van der Waals surface area contributed by atoms with Gasteiger partial charge in [-0.05, 0) is 40.3 Å². The van der Waals surface area contributed by atoms with Gasteiger partial charge < -0.3 is 5.43 Å². The number of nitrogens with zero attached hydrogens (tertiary/aromatic N) is 1. The molecule has 8 heteroatoms. The molecule has 1 heterocycles. The van der Waals surface area contributed by atoms with Gasteiger partial charge in [0, 0.05) is 17.2 Å². The van der Waals surface area contributed by atoms with Gasteiger partial charge in [-0.2, -0.15) is 0 Å². The van der Waals surface area contributed by atoms with Gasteiger partial charge in [0.2, 0.25) is 10.0 Å². The molecule has 0 aromatic carbocycles. The Balaban J connectivity index is 2.20. The molecule has 2 rings (SSSR count). The molecule has 1 aromatic heterocycles. The van der Waals surface area contributed by atoms with Crippen LogP contribution < -0.4 is 16.0 Å². The van der Waals surface area contributed by atoms with Crippen LogP contribution in [0.1, 0.15) is 32.6 Å². The van der Waals surface area contributed by atoms with Crippen LogP contribution in [-0.4, -0.2) is 19.9 Å². The first-order valence-electron chi connectivity index (χ1n) is 6.48. The summed E-state index contributed by atoms with van der Waals surface area (Å²) in [5.74, 6) is 5.46. The Labute approximate surface area is 127 Å². The molecular weight excluding hydrogens is 344 g/mol. The van der Waals surface area contributed by atoms with E-state index in [0.29, 0.717) is 11.0 Å². The van der Waals surface area contributed by atoms with E-state index in [1.165, 1.54) is 12.3 Å². The van der Waals surface area contributed by atoms with Crippen molar-refractivity contribution in [1.29, 1.82) is 0 Å². The molecule has 0 unspecified atom stereocenters. The number of aromatic nitrogens is 1. The summed E-state index contributed by atoms with van der Waals surface area (Å²) < 4.78 is 28.1. The lowest BCUT2D eigenvalue weighted by molar-refractivity contribution is 0.336. The number of hydrogen-bond acceptors (Lipinski definition) is 5. The van der Waals surface area contributed by atoms with Gasteiger partial charge in [0.15, 0.2) is 5.82 Å². The Bertz CT molecular complexity index is 585. The average molecular weight is 363 g/mol. The maximum atomic E-state index is 12.4. The van der Waals surface area contributed by atoms with E-state index in [1.54, 1.807) is 0 Å². The van der Waals surface area contributed by atoms with Gasteiger partial charge in [0.25, 0.3) is 0 Å². The topological polar surface area (TPSA) is 97.1 Å². The van der Waals surface area contributed by atoms with Crippen LogP contribution >= 0.6 is 15.9 Å². The number of hydrazine groups is 1. The largest absolute Gasteiger partial charge is 0.307 e. The number of nitrogens with two attached hydrogens (primary N) is 1. The summed E-state index contributed by atoms with van der Waals surface area (Å²) >= 11 is 3.22. The first kappa shape index (κ1) is 15.7. The monoisotopic (exact) mass is 362 g/mol. The molecule has 1 aromatic rings. The van der Waals surface area contributed by atoms with Crippen LogP contribution in [-0.2, 0) is 10.0 Å².